The Hall–Kier alpha value is -2.71. The third kappa shape index (κ3) is 4.07. The Labute approximate surface area is 161 Å². The van der Waals surface area contributed by atoms with Crippen LogP contribution in [0, 0.1) is 5.82 Å². The van der Waals surface area contributed by atoms with Crippen molar-refractivity contribution in [3.63, 3.8) is 0 Å². The van der Waals surface area contributed by atoms with Gasteiger partial charge in [-0.2, -0.15) is 0 Å². The number of ether oxygens (including phenoxy) is 3. The van der Waals surface area contributed by atoms with Gasteiger partial charge >= 0.3 is 0 Å². The maximum atomic E-state index is 13.2. The third-order valence-corrected chi connectivity index (χ3v) is 4.77. The van der Waals surface area contributed by atoms with E-state index in [1.807, 2.05) is 0 Å². The minimum atomic E-state index is -0.756. The largest absolute Gasteiger partial charge is 0.484 e. The maximum absolute atomic E-state index is 13.2. The number of aliphatic hydroxyl groups excluding tert-OH is 1. The summed E-state index contributed by atoms with van der Waals surface area (Å²) in [6, 6.07) is 7.41. The van der Waals surface area contributed by atoms with E-state index in [0.717, 1.165) is 11.1 Å². The molecule has 148 valence electrons. The van der Waals surface area contributed by atoms with Crippen LogP contribution in [-0.4, -0.2) is 54.6 Å². The minimum Gasteiger partial charge on any atom is -0.484 e. The SMILES string of the molecule is O=C(N[C@@H]1CCOC[C@H]1O)c1cc(Cc2ccc(F)cc2)c2c(n1)OCCO2. The fourth-order valence-corrected chi connectivity index (χ4v) is 3.30. The Balaban J connectivity index is 1.60. The van der Waals surface area contributed by atoms with Crippen LogP contribution in [0.1, 0.15) is 28.0 Å². The monoisotopic (exact) mass is 388 g/mol. The van der Waals surface area contributed by atoms with Gasteiger partial charge in [-0.25, -0.2) is 9.37 Å². The fourth-order valence-electron chi connectivity index (χ4n) is 3.30. The molecule has 8 heteroatoms. The van der Waals surface area contributed by atoms with Gasteiger partial charge in [0.25, 0.3) is 11.8 Å². The van der Waals surface area contributed by atoms with Crippen molar-refractivity contribution in [3.05, 3.63) is 53.0 Å². The number of rotatable bonds is 4. The van der Waals surface area contributed by atoms with Crippen molar-refractivity contribution in [1.29, 1.82) is 0 Å². The second-order valence-electron chi connectivity index (χ2n) is 6.81. The van der Waals surface area contributed by atoms with Gasteiger partial charge in [0.05, 0.1) is 18.8 Å². The zero-order valence-corrected chi connectivity index (χ0v) is 15.2. The lowest BCUT2D eigenvalue weighted by Crippen LogP contribution is -2.48. The second-order valence-corrected chi connectivity index (χ2v) is 6.81. The molecule has 1 aromatic carbocycles. The van der Waals surface area contributed by atoms with E-state index in [4.69, 9.17) is 14.2 Å². The smallest absolute Gasteiger partial charge is 0.270 e. The number of carbonyl (C=O) groups excluding carboxylic acids is 1. The summed E-state index contributed by atoms with van der Waals surface area (Å²) in [5.41, 5.74) is 1.78. The molecule has 28 heavy (non-hydrogen) atoms. The Morgan fingerprint density at radius 1 is 1.21 bits per heavy atom. The van der Waals surface area contributed by atoms with E-state index in [1.54, 1.807) is 18.2 Å². The van der Waals surface area contributed by atoms with Crippen LogP contribution in [-0.2, 0) is 11.2 Å². The molecule has 2 aliphatic heterocycles. The van der Waals surface area contributed by atoms with E-state index in [2.05, 4.69) is 10.3 Å². The second kappa shape index (κ2) is 8.12. The molecule has 2 aliphatic rings. The van der Waals surface area contributed by atoms with E-state index < -0.39 is 18.1 Å². The number of hydrogen-bond acceptors (Lipinski definition) is 6. The summed E-state index contributed by atoms with van der Waals surface area (Å²) in [6.07, 6.45) is 0.211. The number of hydrogen-bond donors (Lipinski definition) is 2. The summed E-state index contributed by atoms with van der Waals surface area (Å²) in [6.45, 7) is 1.41. The van der Waals surface area contributed by atoms with Crippen LogP contribution < -0.4 is 14.8 Å². The molecule has 1 amide bonds. The van der Waals surface area contributed by atoms with E-state index in [0.29, 0.717) is 38.4 Å². The predicted octanol–water partition coefficient (Wildman–Crippen LogP) is 1.46. The lowest BCUT2D eigenvalue weighted by atomic mass is 10.0. The van der Waals surface area contributed by atoms with Crippen molar-refractivity contribution in [3.8, 4) is 11.6 Å². The van der Waals surface area contributed by atoms with Crippen LogP contribution in [0.25, 0.3) is 0 Å². The lowest BCUT2D eigenvalue weighted by molar-refractivity contribution is -0.0261. The molecule has 0 aliphatic carbocycles. The summed E-state index contributed by atoms with van der Waals surface area (Å²) in [7, 11) is 0. The highest BCUT2D eigenvalue weighted by molar-refractivity contribution is 5.93. The van der Waals surface area contributed by atoms with Crippen molar-refractivity contribution < 1.29 is 28.5 Å². The van der Waals surface area contributed by atoms with Crippen molar-refractivity contribution in [1.82, 2.24) is 10.3 Å². The number of halogens is 1. The van der Waals surface area contributed by atoms with Gasteiger partial charge in [0.1, 0.15) is 24.7 Å². The van der Waals surface area contributed by atoms with Gasteiger partial charge in [-0.1, -0.05) is 12.1 Å². The summed E-state index contributed by atoms with van der Waals surface area (Å²) in [5.74, 6) is 0.0558. The number of aliphatic hydroxyl groups is 1. The highest BCUT2D eigenvalue weighted by Crippen LogP contribution is 2.34. The molecular formula is C20H21FN2O5. The van der Waals surface area contributed by atoms with Crippen LogP contribution in [0.3, 0.4) is 0 Å². The van der Waals surface area contributed by atoms with Crippen molar-refractivity contribution in [2.75, 3.05) is 26.4 Å². The van der Waals surface area contributed by atoms with Gasteiger partial charge in [0.15, 0.2) is 5.75 Å². The molecule has 1 fully saturated rings. The first kappa shape index (κ1) is 18.6. The van der Waals surface area contributed by atoms with Gasteiger partial charge in [0.2, 0.25) is 0 Å². The molecule has 4 rings (SSSR count). The highest BCUT2D eigenvalue weighted by Gasteiger charge is 2.28. The molecule has 2 atom stereocenters. The number of fused-ring (bicyclic) bond motifs is 1. The summed E-state index contributed by atoms with van der Waals surface area (Å²) in [4.78, 5) is 17.0. The Morgan fingerprint density at radius 3 is 2.79 bits per heavy atom. The molecule has 1 aromatic heterocycles. The zero-order chi connectivity index (χ0) is 19.5. The summed E-state index contributed by atoms with van der Waals surface area (Å²) >= 11 is 0. The minimum absolute atomic E-state index is 0.181. The van der Waals surface area contributed by atoms with Crippen LogP contribution in [0.4, 0.5) is 4.39 Å². The Morgan fingerprint density at radius 2 is 2.00 bits per heavy atom. The van der Waals surface area contributed by atoms with E-state index in [1.165, 1.54) is 12.1 Å². The van der Waals surface area contributed by atoms with E-state index >= 15 is 0 Å². The van der Waals surface area contributed by atoms with E-state index in [9.17, 15) is 14.3 Å². The van der Waals surface area contributed by atoms with Gasteiger partial charge in [-0.05, 0) is 30.2 Å². The van der Waals surface area contributed by atoms with Crippen LogP contribution in [0.5, 0.6) is 11.6 Å². The van der Waals surface area contributed by atoms with Crippen molar-refractivity contribution >= 4 is 5.91 Å². The molecule has 2 N–H and O–H groups in total. The van der Waals surface area contributed by atoms with E-state index in [-0.39, 0.29) is 24.0 Å². The van der Waals surface area contributed by atoms with Gasteiger partial charge < -0.3 is 24.6 Å². The topological polar surface area (TPSA) is 89.9 Å². The summed E-state index contributed by atoms with van der Waals surface area (Å²) < 4.78 is 29.7. The Kier molecular flexibility index (Phi) is 5.40. The van der Waals surface area contributed by atoms with Crippen LogP contribution >= 0.6 is 0 Å². The number of nitrogens with one attached hydrogen (secondary N) is 1. The maximum Gasteiger partial charge on any atom is 0.270 e. The quantitative estimate of drug-likeness (QED) is 0.824. The number of pyridine rings is 1. The molecule has 3 heterocycles. The van der Waals surface area contributed by atoms with Crippen molar-refractivity contribution in [2.24, 2.45) is 0 Å². The first-order chi connectivity index (χ1) is 13.6. The first-order valence-electron chi connectivity index (χ1n) is 9.21. The first-order valence-corrected chi connectivity index (χ1v) is 9.21. The van der Waals surface area contributed by atoms with Gasteiger partial charge in [-0.15, -0.1) is 0 Å². The number of nitrogens with zero attached hydrogens (tertiary/aromatic N) is 1. The average Bonchev–Trinajstić information content (AvgIpc) is 2.71. The molecule has 2 aromatic rings. The molecule has 0 radical (unpaired) electrons. The molecule has 0 unspecified atom stereocenters. The van der Waals surface area contributed by atoms with Gasteiger partial charge in [-0.3, -0.25) is 4.79 Å². The predicted molar refractivity (Wildman–Crippen MR) is 97.1 cm³/mol. The highest BCUT2D eigenvalue weighted by atomic mass is 19.1. The number of benzene rings is 1. The molecule has 0 spiro atoms. The lowest BCUT2D eigenvalue weighted by Gasteiger charge is -2.28. The molecule has 7 nitrogen and oxygen atoms in total. The molecular weight excluding hydrogens is 367 g/mol. The standard InChI is InChI=1S/C20H21FN2O5/c21-14-3-1-12(2-4-14)9-13-10-16(23-20-18(13)27-7-8-28-20)19(25)22-15-5-6-26-11-17(15)24/h1-4,10,15,17,24H,5-9,11H2,(H,22,25)/t15-,17-/m1/s1. The average molecular weight is 388 g/mol. The fraction of sp³-hybridized carbons (Fsp3) is 0.400. The number of carbonyl (C=O) groups is 1. The Bertz CT molecular complexity index is 858. The van der Waals surface area contributed by atoms with Crippen LogP contribution in [0.15, 0.2) is 30.3 Å². The normalized spacial score (nSPS) is 21.2. The van der Waals surface area contributed by atoms with Crippen molar-refractivity contribution in [2.45, 2.75) is 25.0 Å². The van der Waals surface area contributed by atoms with Crippen LogP contribution in [0.2, 0.25) is 0 Å². The molecule has 0 saturated carbocycles. The summed E-state index contributed by atoms with van der Waals surface area (Å²) in [5, 5.41) is 12.8. The number of aromatic nitrogens is 1. The zero-order valence-electron chi connectivity index (χ0n) is 15.2. The van der Waals surface area contributed by atoms with Gasteiger partial charge in [0, 0.05) is 18.6 Å². The molecule has 0 bridgehead atoms. The number of amides is 1. The molecule has 1 saturated heterocycles. The third-order valence-electron chi connectivity index (χ3n) is 4.77.